The van der Waals surface area contributed by atoms with Gasteiger partial charge in [0, 0.05) is 0 Å². The van der Waals surface area contributed by atoms with Crippen molar-refractivity contribution in [3.63, 3.8) is 0 Å². The summed E-state index contributed by atoms with van der Waals surface area (Å²) in [5.74, 6) is -2.85. The summed E-state index contributed by atoms with van der Waals surface area (Å²) in [6.07, 6.45) is -1.22. The molecule has 1 atom stereocenters. The van der Waals surface area contributed by atoms with Gasteiger partial charge in [-0.2, -0.15) is 8.78 Å². The number of alkyl halides is 2. The summed E-state index contributed by atoms with van der Waals surface area (Å²) in [5.41, 5.74) is -0.133. The second-order valence-electron chi connectivity index (χ2n) is 3.56. The summed E-state index contributed by atoms with van der Waals surface area (Å²) in [4.78, 5) is 3.74. The van der Waals surface area contributed by atoms with Crippen LogP contribution in [0.1, 0.15) is 30.8 Å². The summed E-state index contributed by atoms with van der Waals surface area (Å²) in [6.45, 7) is 1.48. The van der Waals surface area contributed by atoms with E-state index in [1.54, 1.807) is 0 Å². The zero-order chi connectivity index (χ0) is 11.1. The first-order valence-corrected chi connectivity index (χ1v) is 4.71. The van der Waals surface area contributed by atoms with E-state index in [-0.39, 0.29) is 30.2 Å². The van der Waals surface area contributed by atoms with E-state index in [0.29, 0.717) is 0 Å². The van der Waals surface area contributed by atoms with Crippen molar-refractivity contribution in [2.24, 2.45) is 0 Å². The number of ether oxygens (including phenoxy) is 1. The quantitative estimate of drug-likeness (QED) is 0.779. The number of pyridine rings is 1. The van der Waals surface area contributed by atoms with Crippen LogP contribution in [0.4, 0.5) is 8.78 Å². The lowest BCUT2D eigenvalue weighted by molar-refractivity contribution is -0.0455. The van der Waals surface area contributed by atoms with Crippen LogP contribution in [0.5, 0.6) is 5.75 Å². The molecule has 0 radical (unpaired) electrons. The second kappa shape index (κ2) is 3.41. The summed E-state index contributed by atoms with van der Waals surface area (Å²) in [7, 11) is 0. The Balaban J connectivity index is 2.49. The van der Waals surface area contributed by atoms with Gasteiger partial charge in [-0.25, -0.2) is 4.98 Å². The molecule has 1 aliphatic heterocycles. The third-order valence-corrected chi connectivity index (χ3v) is 2.33. The second-order valence-corrected chi connectivity index (χ2v) is 3.56. The number of rotatable bonds is 1. The summed E-state index contributed by atoms with van der Waals surface area (Å²) in [6, 6.07) is 2.92. The molecule has 0 aliphatic carbocycles. The standard InChI is InChI=1S/C10H11F2NO2/c1-6(14)7-2-3-8-9(13-7)10(11,12)4-5-15-8/h2-3,6,14H,4-5H2,1H3. The van der Waals surface area contributed by atoms with E-state index < -0.39 is 12.0 Å². The average Bonchev–Trinajstić information content (AvgIpc) is 2.17. The Hall–Kier alpha value is -1.23. The summed E-state index contributed by atoms with van der Waals surface area (Å²) >= 11 is 0. The number of aromatic nitrogens is 1. The highest BCUT2D eigenvalue weighted by molar-refractivity contribution is 5.34. The summed E-state index contributed by atoms with van der Waals surface area (Å²) in [5, 5.41) is 9.25. The van der Waals surface area contributed by atoms with Crippen LogP contribution in [-0.2, 0) is 5.92 Å². The van der Waals surface area contributed by atoms with E-state index in [2.05, 4.69) is 4.98 Å². The van der Waals surface area contributed by atoms with Crippen LogP contribution in [0.3, 0.4) is 0 Å². The van der Waals surface area contributed by atoms with Gasteiger partial charge in [0.2, 0.25) is 0 Å². The van der Waals surface area contributed by atoms with Crippen molar-refractivity contribution in [1.29, 1.82) is 0 Å². The van der Waals surface area contributed by atoms with Gasteiger partial charge in [0.25, 0.3) is 5.92 Å². The molecule has 1 N–H and O–H groups in total. The number of aliphatic hydroxyl groups is 1. The van der Waals surface area contributed by atoms with Gasteiger partial charge in [-0.05, 0) is 19.1 Å². The van der Waals surface area contributed by atoms with Crippen molar-refractivity contribution in [3.05, 3.63) is 23.5 Å². The van der Waals surface area contributed by atoms with Crippen LogP contribution in [0.15, 0.2) is 12.1 Å². The van der Waals surface area contributed by atoms with E-state index in [0.717, 1.165) is 0 Å². The predicted octanol–water partition coefficient (Wildman–Crippen LogP) is 2.01. The first-order valence-electron chi connectivity index (χ1n) is 4.71. The molecule has 1 aromatic heterocycles. The minimum atomic E-state index is -2.96. The Morgan fingerprint density at radius 1 is 1.53 bits per heavy atom. The van der Waals surface area contributed by atoms with E-state index >= 15 is 0 Å². The van der Waals surface area contributed by atoms with Crippen molar-refractivity contribution in [2.45, 2.75) is 25.4 Å². The zero-order valence-corrected chi connectivity index (χ0v) is 8.20. The monoisotopic (exact) mass is 215 g/mol. The zero-order valence-electron chi connectivity index (χ0n) is 8.20. The van der Waals surface area contributed by atoms with Crippen LogP contribution >= 0.6 is 0 Å². The molecule has 5 heteroatoms. The Morgan fingerprint density at radius 2 is 2.27 bits per heavy atom. The molecule has 15 heavy (non-hydrogen) atoms. The lowest BCUT2D eigenvalue weighted by Crippen LogP contribution is -2.26. The molecule has 2 rings (SSSR count). The van der Waals surface area contributed by atoms with Gasteiger partial charge in [0.1, 0.15) is 5.75 Å². The van der Waals surface area contributed by atoms with Gasteiger partial charge < -0.3 is 9.84 Å². The number of hydrogen-bond donors (Lipinski definition) is 1. The molecule has 0 saturated carbocycles. The fourth-order valence-corrected chi connectivity index (χ4v) is 1.48. The maximum absolute atomic E-state index is 13.4. The minimum absolute atomic E-state index is 0.00426. The summed E-state index contributed by atoms with van der Waals surface area (Å²) < 4.78 is 31.9. The van der Waals surface area contributed by atoms with Crippen molar-refractivity contribution in [3.8, 4) is 5.75 Å². The topological polar surface area (TPSA) is 42.4 Å². The van der Waals surface area contributed by atoms with Crippen molar-refractivity contribution >= 4 is 0 Å². The molecule has 0 spiro atoms. The fraction of sp³-hybridized carbons (Fsp3) is 0.500. The largest absolute Gasteiger partial charge is 0.491 e. The molecular formula is C10H11F2NO2. The molecule has 1 aliphatic rings. The maximum Gasteiger partial charge on any atom is 0.296 e. The molecule has 1 unspecified atom stereocenters. The predicted molar refractivity (Wildman–Crippen MR) is 48.9 cm³/mol. The lowest BCUT2D eigenvalue weighted by Gasteiger charge is -2.25. The third kappa shape index (κ3) is 1.79. The van der Waals surface area contributed by atoms with Crippen LogP contribution in [0.2, 0.25) is 0 Å². The van der Waals surface area contributed by atoms with E-state index in [1.165, 1.54) is 19.1 Å². The minimum Gasteiger partial charge on any atom is -0.491 e. The molecule has 2 heterocycles. The van der Waals surface area contributed by atoms with Gasteiger partial charge >= 0.3 is 0 Å². The smallest absolute Gasteiger partial charge is 0.296 e. The maximum atomic E-state index is 13.4. The highest BCUT2D eigenvalue weighted by atomic mass is 19.3. The molecule has 0 fully saturated rings. The van der Waals surface area contributed by atoms with Gasteiger partial charge in [0.05, 0.1) is 24.8 Å². The van der Waals surface area contributed by atoms with Crippen molar-refractivity contribution in [1.82, 2.24) is 4.98 Å². The van der Waals surface area contributed by atoms with Gasteiger partial charge in [-0.3, -0.25) is 0 Å². The Kier molecular flexibility index (Phi) is 2.34. The highest BCUT2D eigenvalue weighted by Crippen LogP contribution is 2.40. The molecule has 0 aromatic carbocycles. The molecule has 0 amide bonds. The highest BCUT2D eigenvalue weighted by Gasteiger charge is 2.40. The fourth-order valence-electron chi connectivity index (χ4n) is 1.48. The van der Waals surface area contributed by atoms with Gasteiger partial charge in [0.15, 0.2) is 5.69 Å². The van der Waals surface area contributed by atoms with Crippen LogP contribution in [-0.4, -0.2) is 16.7 Å². The van der Waals surface area contributed by atoms with Crippen molar-refractivity contribution < 1.29 is 18.6 Å². The number of nitrogens with zero attached hydrogens (tertiary/aromatic N) is 1. The normalized spacial score (nSPS) is 20.3. The van der Waals surface area contributed by atoms with E-state index in [1.807, 2.05) is 0 Å². The van der Waals surface area contributed by atoms with E-state index in [9.17, 15) is 13.9 Å². The molecule has 0 bridgehead atoms. The first kappa shape index (κ1) is 10.3. The molecular weight excluding hydrogens is 204 g/mol. The number of aliphatic hydroxyl groups excluding tert-OH is 1. The molecule has 0 saturated heterocycles. The molecule has 3 nitrogen and oxygen atoms in total. The van der Waals surface area contributed by atoms with E-state index in [4.69, 9.17) is 4.74 Å². The lowest BCUT2D eigenvalue weighted by atomic mass is 10.1. The van der Waals surface area contributed by atoms with Crippen molar-refractivity contribution in [2.75, 3.05) is 6.61 Å². The number of hydrogen-bond acceptors (Lipinski definition) is 3. The Morgan fingerprint density at radius 3 is 2.93 bits per heavy atom. The van der Waals surface area contributed by atoms with Gasteiger partial charge in [-0.15, -0.1) is 0 Å². The SMILES string of the molecule is CC(O)c1ccc2c(n1)C(F)(F)CCO2. The van der Waals surface area contributed by atoms with Crippen LogP contribution in [0, 0.1) is 0 Å². The van der Waals surface area contributed by atoms with Crippen LogP contribution < -0.4 is 4.74 Å². The number of fused-ring (bicyclic) bond motifs is 1. The Labute approximate surface area is 85.7 Å². The first-order chi connectivity index (χ1) is 7.00. The Bertz CT molecular complexity index is 380. The van der Waals surface area contributed by atoms with Gasteiger partial charge in [-0.1, -0.05) is 0 Å². The average molecular weight is 215 g/mol. The molecule has 1 aromatic rings. The molecule has 82 valence electrons. The van der Waals surface area contributed by atoms with Crippen LogP contribution in [0.25, 0.3) is 0 Å². The number of halogens is 2. The third-order valence-electron chi connectivity index (χ3n) is 2.33.